The van der Waals surface area contributed by atoms with Crippen molar-refractivity contribution in [2.45, 2.75) is 94.1 Å². The predicted molar refractivity (Wildman–Crippen MR) is 121 cm³/mol. The van der Waals surface area contributed by atoms with Crippen LogP contribution in [0.5, 0.6) is 0 Å². The predicted octanol–water partition coefficient (Wildman–Crippen LogP) is 3.39. The Hall–Kier alpha value is -0.700. The lowest BCUT2D eigenvalue weighted by Gasteiger charge is -2.32. The smallest absolute Gasteiger partial charge is 0.229 e. The molecule has 0 aromatic rings. The molecule has 0 radical (unpaired) electrons. The van der Waals surface area contributed by atoms with Crippen LogP contribution in [0.15, 0.2) is 4.99 Å². The third-order valence-corrected chi connectivity index (χ3v) is 7.07. The number of rotatable bonds is 5. The minimum absolute atomic E-state index is 0.0749. The Labute approximate surface area is 193 Å². The van der Waals surface area contributed by atoms with Crippen LogP contribution >= 0.6 is 23.2 Å². The summed E-state index contributed by atoms with van der Waals surface area (Å²) in [6.45, 7) is 4.62. The maximum atomic E-state index is 13.7. The molecule has 10 heteroatoms. The molecule has 6 nitrogen and oxygen atoms in total. The van der Waals surface area contributed by atoms with Crippen LogP contribution < -0.4 is 21.5 Å². The molecule has 0 bridgehead atoms. The first kappa shape index (κ1) is 24.9. The quantitative estimate of drug-likeness (QED) is 0.275. The highest BCUT2D eigenvalue weighted by Gasteiger charge is 2.37. The third-order valence-electron chi connectivity index (χ3n) is 6.36. The van der Waals surface area contributed by atoms with Crippen molar-refractivity contribution >= 4 is 35.1 Å². The molecule has 3 aliphatic rings. The first-order valence-corrected chi connectivity index (χ1v) is 12.3. The molecule has 178 valence electrons. The number of nitrogens with one attached hydrogen (secondary N) is 4. The molecule has 3 rings (SSSR count). The molecule has 0 aromatic carbocycles. The zero-order valence-electron chi connectivity index (χ0n) is 18.2. The van der Waals surface area contributed by atoms with Crippen LogP contribution in [0.25, 0.3) is 0 Å². The number of aliphatic imine (C=N–C) groups is 1. The van der Waals surface area contributed by atoms with E-state index in [9.17, 15) is 13.6 Å². The molecular formula is C21H35Cl2F2N5O. The van der Waals surface area contributed by atoms with Gasteiger partial charge in [0.25, 0.3) is 0 Å². The largest absolute Gasteiger partial charge is 0.339 e. The first-order chi connectivity index (χ1) is 14.7. The maximum Gasteiger partial charge on any atom is 0.229 e. The molecule has 2 aliphatic carbocycles. The van der Waals surface area contributed by atoms with E-state index in [1.54, 1.807) is 0 Å². The fraction of sp³-hybridized carbons (Fsp3) is 0.905. The van der Waals surface area contributed by atoms with Crippen LogP contribution in [0.3, 0.4) is 0 Å². The molecule has 31 heavy (non-hydrogen) atoms. The van der Waals surface area contributed by atoms with E-state index in [4.69, 9.17) is 23.2 Å². The number of guanidine groups is 1. The number of halogens is 4. The van der Waals surface area contributed by atoms with Crippen LogP contribution in [0.4, 0.5) is 8.78 Å². The molecule has 4 N–H and O–H groups in total. The van der Waals surface area contributed by atoms with E-state index in [2.05, 4.69) is 26.5 Å². The van der Waals surface area contributed by atoms with Gasteiger partial charge in [-0.1, -0.05) is 13.8 Å². The second-order valence-corrected chi connectivity index (χ2v) is 10.8. The van der Waals surface area contributed by atoms with Crippen molar-refractivity contribution in [3.8, 4) is 0 Å². The Morgan fingerprint density at radius 2 is 1.74 bits per heavy atom. The lowest BCUT2D eigenvalue weighted by molar-refractivity contribution is -0.125. The zero-order chi connectivity index (χ0) is 22.5. The van der Waals surface area contributed by atoms with E-state index < -0.39 is 18.3 Å². The normalized spacial score (nSPS) is 39.5. The summed E-state index contributed by atoms with van der Waals surface area (Å²) in [4.78, 5) is 17.2. The zero-order valence-corrected chi connectivity index (χ0v) is 19.7. The Bertz CT molecular complexity index is 631. The standard InChI is InChI=1S/C21H35Cl2F2N5O/c1-11(2)10-26-21(28-20(31)12-3-4-16(24)17(25)7-12)27-19-9-18(29-30-19)13-5-14(22)8-15(23)6-13/h11-19,29-30H,3-10H2,1-2H3,(H2,26,27,28,31). The van der Waals surface area contributed by atoms with Crippen molar-refractivity contribution in [2.75, 3.05) is 6.54 Å². The van der Waals surface area contributed by atoms with Crippen molar-refractivity contribution < 1.29 is 13.6 Å². The molecule has 0 spiro atoms. The van der Waals surface area contributed by atoms with Gasteiger partial charge in [0.05, 0.1) is 6.17 Å². The van der Waals surface area contributed by atoms with Crippen LogP contribution in [-0.4, -0.2) is 53.7 Å². The molecule has 1 amide bonds. The minimum Gasteiger partial charge on any atom is -0.339 e. The van der Waals surface area contributed by atoms with Gasteiger partial charge in [-0.05, 0) is 56.8 Å². The molecule has 1 heterocycles. The molecule has 7 atom stereocenters. The minimum atomic E-state index is -1.58. The summed E-state index contributed by atoms with van der Waals surface area (Å²) in [6.07, 6.45) is 0.615. The maximum absolute atomic E-state index is 13.7. The molecule has 3 fully saturated rings. The highest BCUT2D eigenvalue weighted by Crippen LogP contribution is 2.35. The van der Waals surface area contributed by atoms with Gasteiger partial charge in [0.15, 0.2) is 5.96 Å². The number of carbonyl (C=O) groups is 1. The lowest BCUT2D eigenvalue weighted by atomic mass is 9.82. The number of amides is 1. The topological polar surface area (TPSA) is 77.5 Å². The Balaban J connectivity index is 1.56. The number of nitrogens with zero attached hydrogens (tertiary/aromatic N) is 1. The number of hydrazine groups is 1. The van der Waals surface area contributed by atoms with Crippen molar-refractivity contribution in [1.82, 2.24) is 21.5 Å². The Morgan fingerprint density at radius 3 is 2.39 bits per heavy atom. The Morgan fingerprint density at radius 1 is 1.03 bits per heavy atom. The third kappa shape index (κ3) is 7.41. The fourth-order valence-corrected chi connectivity index (χ4v) is 5.61. The van der Waals surface area contributed by atoms with Gasteiger partial charge in [-0.15, -0.1) is 23.2 Å². The van der Waals surface area contributed by atoms with Crippen LogP contribution in [0.2, 0.25) is 0 Å². The van der Waals surface area contributed by atoms with E-state index >= 15 is 0 Å². The second kappa shape index (κ2) is 11.4. The second-order valence-electron chi connectivity index (χ2n) is 9.60. The summed E-state index contributed by atoms with van der Waals surface area (Å²) in [5.41, 5.74) is 6.55. The molecule has 1 aliphatic heterocycles. The molecule has 7 unspecified atom stereocenters. The lowest BCUT2D eigenvalue weighted by Crippen LogP contribution is -2.52. The van der Waals surface area contributed by atoms with Crippen molar-refractivity contribution in [1.29, 1.82) is 0 Å². The fourth-order valence-electron chi connectivity index (χ4n) is 4.63. The van der Waals surface area contributed by atoms with Gasteiger partial charge in [-0.2, -0.15) is 0 Å². The van der Waals surface area contributed by atoms with E-state index in [0.717, 1.165) is 25.7 Å². The molecule has 2 saturated carbocycles. The number of hydrogen-bond donors (Lipinski definition) is 4. The van der Waals surface area contributed by atoms with Gasteiger partial charge in [0, 0.05) is 29.3 Å². The highest BCUT2D eigenvalue weighted by molar-refractivity contribution is 6.23. The monoisotopic (exact) mass is 481 g/mol. The van der Waals surface area contributed by atoms with Gasteiger partial charge in [0.2, 0.25) is 5.91 Å². The van der Waals surface area contributed by atoms with E-state index in [1.807, 2.05) is 13.8 Å². The number of alkyl halides is 4. The van der Waals surface area contributed by atoms with Gasteiger partial charge in [-0.3, -0.25) is 20.5 Å². The van der Waals surface area contributed by atoms with Crippen molar-refractivity contribution in [3.05, 3.63) is 0 Å². The van der Waals surface area contributed by atoms with Crippen molar-refractivity contribution in [3.63, 3.8) is 0 Å². The van der Waals surface area contributed by atoms with Crippen molar-refractivity contribution in [2.24, 2.45) is 22.7 Å². The number of carbonyl (C=O) groups excluding carboxylic acids is 1. The average molecular weight is 482 g/mol. The average Bonchev–Trinajstić information content (AvgIpc) is 3.16. The first-order valence-electron chi connectivity index (χ1n) is 11.4. The summed E-state index contributed by atoms with van der Waals surface area (Å²) < 4.78 is 27.2. The molecule has 1 saturated heterocycles. The SMILES string of the molecule is CC(C)CN=C(NC(=O)C1CCC(F)C(F)C1)NC1CC(C2CC(Cl)CC(Cl)C2)NN1. The Kier molecular flexibility index (Phi) is 9.20. The molecular weight excluding hydrogens is 447 g/mol. The summed E-state index contributed by atoms with van der Waals surface area (Å²) in [6, 6.07) is 0.217. The summed E-state index contributed by atoms with van der Waals surface area (Å²) in [7, 11) is 0. The van der Waals surface area contributed by atoms with Crippen LogP contribution in [-0.2, 0) is 4.79 Å². The van der Waals surface area contributed by atoms with Crippen LogP contribution in [0, 0.1) is 17.8 Å². The highest BCUT2D eigenvalue weighted by atomic mass is 35.5. The van der Waals surface area contributed by atoms with Crippen LogP contribution in [0.1, 0.15) is 58.8 Å². The van der Waals surface area contributed by atoms with Gasteiger partial charge in [0.1, 0.15) is 12.3 Å². The van der Waals surface area contributed by atoms with Gasteiger partial charge >= 0.3 is 0 Å². The summed E-state index contributed by atoms with van der Waals surface area (Å²) in [5, 5.41) is 6.26. The van der Waals surface area contributed by atoms with E-state index in [0.29, 0.717) is 30.8 Å². The number of hydrogen-bond acceptors (Lipinski definition) is 4. The summed E-state index contributed by atoms with van der Waals surface area (Å²) >= 11 is 12.7. The molecule has 0 aromatic heterocycles. The van der Waals surface area contributed by atoms with Gasteiger partial charge in [-0.25, -0.2) is 14.2 Å². The summed E-state index contributed by atoms with van der Waals surface area (Å²) in [5.74, 6) is 0.205. The van der Waals surface area contributed by atoms with E-state index in [-0.39, 0.29) is 41.7 Å². The van der Waals surface area contributed by atoms with E-state index in [1.165, 1.54) is 0 Å². The van der Waals surface area contributed by atoms with Gasteiger partial charge < -0.3 is 5.32 Å².